The van der Waals surface area contributed by atoms with E-state index in [0.717, 1.165) is 11.1 Å². The van der Waals surface area contributed by atoms with Crippen molar-refractivity contribution >= 4 is 19.7 Å². The third-order valence-electron chi connectivity index (χ3n) is 5.10. The Morgan fingerprint density at radius 2 is 1.79 bits per heavy atom. The molecule has 0 radical (unpaired) electrons. The average molecular weight is 492 g/mol. The maximum Gasteiger partial charge on any atom is 0.466 e. The lowest BCUT2D eigenvalue weighted by Gasteiger charge is -2.27. The van der Waals surface area contributed by atoms with Crippen LogP contribution in [0.1, 0.15) is 24.1 Å². The van der Waals surface area contributed by atoms with Crippen LogP contribution in [0.15, 0.2) is 64.1 Å². The molecule has 10 nitrogen and oxygen atoms in total. The van der Waals surface area contributed by atoms with Gasteiger partial charge in [0.15, 0.2) is 5.96 Å². The first kappa shape index (κ1) is 25.5. The van der Waals surface area contributed by atoms with Crippen LogP contribution in [0.25, 0.3) is 11.1 Å². The molecule has 1 aliphatic rings. The fourth-order valence-electron chi connectivity index (χ4n) is 3.33. The molecule has 0 unspecified atom stereocenters. The zero-order chi connectivity index (χ0) is 24.7. The summed E-state index contributed by atoms with van der Waals surface area (Å²) in [6.45, 7) is 4.59. The van der Waals surface area contributed by atoms with Crippen LogP contribution < -0.4 is 5.73 Å². The Hall–Kier alpha value is -3.08. The Labute approximate surface area is 195 Å². The van der Waals surface area contributed by atoms with Gasteiger partial charge in [0.1, 0.15) is 5.82 Å². The Kier molecular flexibility index (Phi) is 8.54. The number of phosphoric acid groups is 1. The van der Waals surface area contributed by atoms with Crippen LogP contribution in [0.2, 0.25) is 0 Å². The second-order valence-corrected chi connectivity index (χ2v) is 8.53. The van der Waals surface area contributed by atoms with Crippen LogP contribution in [0.4, 0.5) is 10.3 Å². The molecular weight excluding hydrogens is 466 g/mol. The van der Waals surface area contributed by atoms with E-state index in [1.807, 2.05) is 48.2 Å². The number of hydrogen-bond donors (Lipinski definition) is 4. The monoisotopic (exact) mass is 492 g/mol. The minimum absolute atomic E-state index is 0.147. The van der Waals surface area contributed by atoms with Crippen molar-refractivity contribution in [2.45, 2.75) is 12.8 Å². The molecule has 0 spiro atoms. The molecule has 1 saturated heterocycles. The summed E-state index contributed by atoms with van der Waals surface area (Å²) in [5.74, 6) is 0.296. The highest BCUT2D eigenvalue weighted by Gasteiger charge is 2.18. The van der Waals surface area contributed by atoms with Gasteiger partial charge in [0.2, 0.25) is 0 Å². The van der Waals surface area contributed by atoms with Crippen molar-refractivity contribution < 1.29 is 32.9 Å². The van der Waals surface area contributed by atoms with Crippen molar-refractivity contribution in [3.8, 4) is 11.1 Å². The van der Waals surface area contributed by atoms with E-state index in [2.05, 4.69) is 10.1 Å². The smallest absolute Gasteiger partial charge is 0.378 e. The minimum atomic E-state index is -4.64. The summed E-state index contributed by atoms with van der Waals surface area (Å²) in [5.41, 5.74) is 8.96. The molecule has 2 aromatic carbocycles. The first-order valence-corrected chi connectivity index (χ1v) is 11.9. The number of benzene rings is 2. The molecule has 1 aromatic heterocycles. The summed E-state index contributed by atoms with van der Waals surface area (Å²) in [4.78, 5) is 27.8. The molecule has 0 bridgehead atoms. The molecule has 1 atom stereocenters. The summed E-state index contributed by atoms with van der Waals surface area (Å²) in [6.07, 6.45) is 0. The molecule has 1 fully saturated rings. The SMILES string of the molecule is C[C@H](c1ccc(-c2ccccc2)c(F)c1)c1cc(N=C(N)N2CCOCC2)on1.O=P(O)(O)O. The number of aliphatic imine (C=N–C) groups is 1. The largest absolute Gasteiger partial charge is 0.466 e. The van der Waals surface area contributed by atoms with E-state index in [0.29, 0.717) is 49.4 Å². The summed E-state index contributed by atoms with van der Waals surface area (Å²) >= 11 is 0. The van der Waals surface area contributed by atoms with Gasteiger partial charge in [-0.25, -0.2) is 8.96 Å². The standard InChI is InChI=1S/C22H23FN4O2.H3O4P/c1-15(17-7-8-18(19(23)13-17)16-5-3-2-4-6-16)20-14-21(29-26-20)25-22(24)27-9-11-28-12-10-27;1-5(2,3)4/h2-8,13-15H,9-12H2,1H3,(H2,24,25);(H3,1,2,3,4)/t15-;/m1./s1. The fraction of sp³-hybridized carbons (Fsp3) is 0.273. The predicted octanol–water partition coefficient (Wildman–Crippen LogP) is 2.98. The summed E-state index contributed by atoms with van der Waals surface area (Å²) in [6, 6.07) is 16.5. The van der Waals surface area contributed by atoms with Crippen molar-refractivity contribution in [3.05, 3.63) is 71.7 Å². The van der Waals surface area contributed by atoms with Crippen molar-refractivity contribution in [3.63, 3.8) is 0 Å². The van der Waals surface area contributed by atoms with Gasteiger partial charge < -0.3 is 34.6 Å². The number of ether oxygens (including phenoxy) is 1. The molecule has 4 rings (SSSR count). The highest BCUT2D eigenvalue weighted by Crippen LogP contribution is 2.30. The van der Waals surface area contributed by atoms with E-state index < -0.39 is 7.82 Å². The molecule has 0 aliphatic carbocycles. The van der Waals surface area contributed by atoms with Crippen molar-refractivity contribution in [1.82, 2.24) is 10.1 Å². The molecule has 0 amide bonds. The van der Waals surface area contributed by atoms with Gasteiger partial charge in [0.05, 0.1) is 18.9 Å². The minimum Gasteiger partial charge on any atom is -0.378 e. The number of hydrogen-bond acceptors (Lipinski definition) is 5. The second kappa shape index (κ2) is 11.4. The highest BCUT2D eigenvalue weighted by atomic mass is 31.2. The molecule has 34 heavy (non-hydrogen) atoms. The van der Waals surface area contributed by atoms with Crippen LogP contribution in [0, 0.1) is 5.82 Å². The number of morpholine rings is 1. The van der Waals surface area contributed by atoms with E-state index in [1.165, 1.54) is 0 Å². The van der Waals surface area contributed by atoms with Gasteiger partial charge in [-0.2, -0.15) is 4.99 Å². The predicted molar refractivity (Wildman–Crippen MR) is 124 cm³/mol. The van der Waals surface area contributed by atoms with Gasteiger partial charge in [-0.15, -0.1) is 0 Å². The molecule has 2 heterocycles. The van der Waals surface area contributed by atoms with Crippen molar-refractivity contribution in [1.29, 1.82) is 0 Å². The fourth-order valence-corrected chi connectivity index (χ4v) is 3.33. The van der Waals surface area contributed by atoms with E-state index in [1.54, 1.807) is 18.2 Å². The quantitative estimate of drug-likeness (QED) is 0.244. The molecule has 182 valence electrons. The van der Waals surface area contributed by atoms with Gasteiger partial charge in [-0.05, 0) is 17.2 Å². The Bertz CT molecular complexity index is 1150. The molecule has 5 N–H and O–H groups in total. The zero-order valence-electron chi connectivity index (χ0n) is 18.4. The summed E-state index contributed by atoms with van der Waals surface area (Å²) in [5, 5.41) is 4.10. The molecular formula is C22H26FN4O6P. The molecule has 12 heteroatoms. The molecule has 1 aliphatic heterocycles. The summed E-state index contributed by atoms with van der Waals surface area (Å²) in [7, 11) is -4.64. The van der Waals surface area contributed by atoms with Gasteiger partial charge in [0, 0.05) is 30.6 Å². The second-order valence-electron chi connectivity index (χ2n) is 7.50. The number of guanidine groups is 1. The number of nitrogens with two attached hydrogens (primary N) is 1. The van der Waals surface area contributed by atoms with Crippen LogP contribution in [0.5, 0.6) is 0 Å². The number of nitrogens with zero attached hydrogens (tertiary/aromatic N) is 3. The number of aromatic nitrogens is 1. The van der Waals surface area contributed by atoms with Crippen molar-refractivity contribution in [2.24, 2.45) is 10.7 Å². The lowest BCUT2D eigenvalue weighted by molar-refractivity contribution is 0.0675. The lowest BCUT2D eigenvalue weighted by Crippen LogP contribution is -2.44. The topological polar surface area (TPSA) is 155 Å². The molecule has 0 saturated carbocycles. The number of rotatable bonds is 4. The van der Waals surface area contributed by atoms with Gasteiger partial charge in [-0.1, -0.05) is 54.5 Å². The zero-order valence-corrected chi connectivity index (χ0v) is 19.3. The van der Waals surface area contributed by atoms with E-state index >= 15 is 0 Å². The van der Waals surface area contributed by atoms with Gasteiger partial charge in [0.25, 0.3) is 5.88 Å². The van der Waals surface area contributed by atoms with Crippen LogP contribution in [0.3, 0.4) is 0 Å². The van der Waals surface area contributed by atoms with Crippen LogP contribution in [-0.4, -0.2) is 57.0 Å². The van der Waals surface area contributed by atoms with Crippen LogP contribution in [-0.2, 0) is 9.30 Å². The van der Waals surface area contributed by atoms with Crippen molar-refractivity contribution in [2.75, 3.05) is 26.3 Å². The Morgan fingerprint density at radius 3 is 2.41 bits per heavy atom. The van der Waals surface area contributed by atoms with Gasteiger partial charge >= 0.3 is 7.82 Å². The third-order valence-corrected chi connectivity index (χ3v) is 5.10. The van der Waals surface area contributed by atoms with E-state index in [9.17, 15) is 4.39 Å². The van der Waals surface area contributed by atoms with E-state index in [4.69, 9.17) is 34.2 Å². The maximum absolute atomic E-state index is 14.7. The first-order chi connectivity index (χ1) is 16.1. The lowest BCUT2D eigenvalue weighted by atomic mass is 9.95. The Morgan fingerprint density at radius 1 is 1.15 bits per heavy atom. The third kappa shape index (κ3) is 7.47. The maximum atomic E-state index is 14.7. The normalized spacial score (nSPS) is 15.4. The van der Waals surface area contributed by atoms with Gasteiger partial charge in [-0.3, -0.25) is 0 Å². The molecule has 3 aromatic rings. The highest BCUT2D eigenvalue weighted by molar-refractivity contribution is 7.45. The number of halogens is 1. The van der Waals surface area contributed by atoms with E-state index in [-0.39, 0.29) is 11.7 Å². The summed E-state index contributed by atoms with van der Waals surface area (Å²) < 4.78 is 34.2. The first-order valence-electron chi connectivity index (χ1n) is 10.4. The average Bonchev–Trinajstić information content (AvgIpc) is 3.27. The Balaban J connectivity index is 0.000000588. The van der Waals surface area contributed by atoms with Crippen LogP contribution >= 0.6 is 7.82 Å².